The van der Waals surface area contributed by atoms with Crippen LogP contribution in [0.5, 0.6) is 11.5 Å². The molecule has 0 amide bonds. The summed E-state index contributed by atoms with van der Waals surface area (Å²) >= 11 is 3.55. The first-order valence-corrected chi connectivity index (χ1v) is 8.87. The fraction of sp³-hybridized carbons (Fsp3) is 0.588. The first kappa shape index (κ1) is 25.2. The molecule has 0 aliphatic heterocycles. The minimum absolute atomic E-state index is 0. The van der Waals surface area contributed by atoms with Crippen molar-refractivity contribution in [3.8, 4) is 11.5 Å². The van der Waals surface area contributed by atoms with Gasteiger partial charge < -0.3 is 29.6 Å². The maximum Gasteiger partial charge on any atom is 0.191 e. The average molecular weight is 546 g/mol. The normalized spacial score (nSPS) is 10.9. The van der Waals surface area contributed by atoms with Gasteiger partial charge in [-0.05, 0) is 24.1 Å². The van der Waals surface area contributed by atoms with Crippen LogP contribution in [0, 0.1) is 0 Å². The Morgan fingerprint density at radius 1 is 1.04 bits per heavy atom. The molecule has 9 heteroatoms. The van der Waals surface area contributed by atoms with Crippen LogP contribution in [0.3, 0.4) is 0 Å². The molecule has 0 spiro atoms. The Balaban J connectivity index is 0.00000625. The van der Waals surface area contributed by atoms with Gasteiger partial charge in [-0.25, -0.2) is 0 Å². The van der Waals surface area contributed by atoms with E-state index in [1.54, 1.807) is 28.4 Å². The molecule has 0 radical (unpaired) electrons. The van der Waals surface area contributed by atoms with Crippen LogP contribution in [-0.4, -0.2) is 60.7 Å². The SMILES string of the molecule is CN=C(NCCCOCCOC)NCc1cc(OC)c(OC)cc1Br.I. The molecule has 0 aliphatic rings. The Morgan fingerprint density at radius 3 is 2.35 bits per heavy atom. The van der Waals surface area contributed by atoms with E-state index in [4.69, 9.17) is 18.9 Å². The lowest BCUT2D eigenvalue weighted by Crippen LogP contribution is -2.37. The highest BCUT2D eigenvalue weighted by Crippen LogP contribution is 2.33. The Labute approximate surface area is 181 Å². The van der Waals surface area contributed by atoms with E-state index in [0.717, 1.165) is 29.0 Å². The molecule has 0 heterocycles. The van der Waals surface area contributed by atoms with Crippen molar-refractivity contribution in [1.29, 1.82) is 0 Å². The van der Waals surface area contributed by atoms with E-state index in [-0.39, 0.29) is 24.0 Å². The lowest BCUT2D eigenvalue weighted by molar-refractivity contribution is 0.0698. The van der Waals surface area contributed by atoms with Crippen LogP contribution in [0.4, 0.5) is 0 Å². The van der Waals surface area contributed by atoms with Gasteiger partial charge in [-0.1, -0.05) is 15.9 Å². The second-order valence-electron chi connectivity index (χ2n) is 5.11. The van der Waals surface area contributed by atoms with Crippen molar-refractivity contribution >= 4 is 45.9 Å². The molecule has 0 bridgehead atoms. The van der Waals surface area contributed by atoms with Gasteiger partial charge in [0, 0.05) is 38.3 Å². The van der Waals surface area contributed by atoms with Gasteiger partial charge >= 0.3 is 0 Å². The zero-order chi connectivity index (χ0) is 18.5. The van der Waals surface area contributed by atoms with Gasteiger partial charge in [0.1, 0.15) is 0 Å². The summed E-state index contributed by atoms with van der Waals surface area (Å²) in [5, 5.41) is 6.54. The van der Waals surface area contributed by atoms with Crippen LogP contribution < -0.4 is 20.1 Å². The molecule has 0 atom stereocenters. The second kappa shape index (κ2) is 15.3. The molecule has 0 fully saturated rings. The molecule has 0 aromatic heterocycles. The van der Waals surface area contributed by atoms with Gasteiger partial charge in [-0.2, -0.15) is 0 Å². The first-order chi connectivity index (χ1) is 12.2. The standard InChI is InChI=1S/C17H28BrN3O4.HI/c1-19-17(20-6-5-7-25-9-8-22-2)21-12-13-10-15(23-3)16(24-4)11-14(13)18;/h10-11H,5-9,12H2,1-4H3,(H2,19,20,21);1H. The number of ether oxygens (including phenoxy) is 4. The summed E-state index contributed by atoms with van der Waals surface area (Å²) in [6.45, 7) is 3.31. The Hall–Kier alpha value is -0.780. The molecule has 150 valence electrons. The summed E-state index contributed by atoms with van der Waals surface area (Å²) in [4.78, 5) is 4.22. The molecule has 0 saturated carbocycles. The van der Waals surface area contributed by atoms with Crippen LogP contribution in [0.2, 0.25) is 0 Å². The van der Waals surface area contributed by atoms with Gasteiger partial charge in [0.25, 0.3) is 0 Å². The van der Waals surface area contributed by atoms with Crippen molar-refractivity contribution < 1.29 is 18.9 Å². The Morgan fingerprint density at radius 2 is 1.73 bits per heavy atom. The molecule has 1 aromatic carbocycles. The second-order valence-corrected chi connectivity index (χ2v) is 5.96. The van der Waals surface area contributed by atoms with Crippen molar-refractivity contribution in [2.45, 2.75) is 13.0 Å². The van der Waals surface area contributed by atoms with Crippen LogP contribution in [0.25, 0.3) is 0 Å². The van der Waals surface area contributed by atoms with E-state index >= 15 is 0 Å². The summed E-state index contributed by atoms with van der Waals surface area (Å²) in [5.41, 5.74) is 1.04. The summed E-state index contributed by atoms with van der Waals surface area (Å²) in [5.74, 6) is 2.12. The monoisotopic (exact) mass is 545 g/mol. The number of hydrogen-bond acceptors (Lipinski definition) is 5. The molecule has 26 heavy (non-hydrogen) atoms. The van der Waals surface area contributed by atoms with Gasteiger partial charge in [-0.15, -0.1) is 24.0 Å². The highest BCUT2D eigenvalue weighted by Gasteiger charge is 2.10. The maximum atomic E-state index is 5.42. The van der Waals surface area contributed by atoms with E-state index in [2.05, 4.69) is 31.6 Å². The van der Waals surface area contributed by atoms with Gasteiger partial charge in [0.05, 0.1) is 27.4 Å². The van der Waals surface area contributed by atoms with Crippen molar-refractivity contribution in [3.63, 3.8) is 0 Å². The van der Waals surface area contributed by atoms with Crippen LogP contribution >= 0.6 is 39.9 Å². The molecule has 0 unspecified atom stereocenters. The highest BCUT2D eigenvalue weighted by molar-refractivity contribution is 14.0. The zero-order valence-electron chi connectivity index (χ0n) is 15.8. The predicted molar refractivity (Wildman–Crippen MR) is 118 cm³/mol. The number of benzene rings is 1. The fourth-order valence-corrected chi connectivity index (χ4v) is 2.52. The summed E-state index contributed by atoms with van der Waals surface area (Å²) in [6, 6.07) is 3.83. The van der Waals surface area contributed by atoms with E-state index in [0.29, 0.717) is 37.9 Å². The van der Waals surface area contributed by atoms with Crippen molar-refractivity contribution in [3.05, 3.63) is 22.2 Å². The number of rotatable bonds is 11. The third kappa shape index (κ3) is 9.24. The highest BCUT2D eigenvalue weighted by atomic mass is 127. The third-order valence-corrected chi connectivity index (χ3v) is 4.15. The molecule has 2 N–H and O–H groups in total. The van der Waals surface area contributed by atoms with Gasteiger partial charge in [-0.3, -0.25) is 4.99 Å². The van der Waals surface area contributed by atoms with E-state index in [1.165, 1.54) is 0 Å². The molecule has 7 nitrogen and oxygen atoms in total. The van der Waals surface area contributed by atoms with Crippen LogP contribution in [0.15, 0.2) is 21.6 Å². The van der Waals surface area contributed by atoms with E-state index in [1.807, 2.05) is 12.1 Å². The van der Waals surface area contributed by atoms with E-state index < -0.39 is 0 Å². The smallest absolute Gasteiger partial charge is 0.191 e. The minimum Gasteiger partial charge on any atom is -0.493 e. The quantitative estimate of drug-likeness (QED) is 0.193. The molecule has 0 aliphatic carbocycles. The largest absolute Gasteiger partial charge is 0.493 e. The lowest BCUT2D eigenvalue weighted by Gasteiger charge is -2.15. The number of guanidine groups is 1. The maximum absolute atomic E-state index is 5.42. The third-order valence-electron chi connectivity index (χ3n) is 3.41. The summed E-state index contributed by atoms with van der Waals surface area (Å²) in [6.07, 6.45) is 0.893. The van der Waals surface area contributed by atoms with Crippen molar-refractivity contribution in [2.24, 2.45) is 4.99 Å². The topological polar surface area (TPSA) is 73.3 Å². The molecule has 1 aromatic rings. The summed E-state index contributed by atoms with van der Waals surface area (Å²) in [7, 11) is 6.65. The number of halogens is 2. The van der Waals surface area contributed by atoms with Crippen LogP contribution in [0.1, 0.15) is 12.0 Å². The summed E-state index contributed by atoms with van der Waals surface area (Å²) < 4.78 is 21.9. The predicted octanol–water partition coefficient (Wildman–Crippen LogP) is 2.80. The number of nitrogens with zero attached hydrogens (tertiary/aromatic N) is 1. The average Bonchev–Trinajstić information content (AvgIpc) is 2.63. The van der Waals surface area contributed by atoms with Gasteiger partial charge in [0.2, 0.25) is 0 Å². The number of methoxy groups -OCH3 is 3. The van der Waals surface area contributed by atoms with Crippen molar-refractivity contribution in [1.82, 2.24) is 10.6 Å². The molecular weight excluding hydrogens is 517 g/mol. The fourth-order valence-electron chi connectivity index (χ4n) is 2.06. The van der Waals surface area contributed by atoms with Crippen molar-refractivity contribution in [2.75, 3.05) is 54.7 Å². The minimum atomic E-state index is 0. The van der Waals surface area contributed by atoms with E-state index in [9.17, 15) is 0 Å². The molecule has 0 saturated heterocycles. The number of nitrogens with one attached hydrogen (secondary N) is 2. The van der Waals surface area contributed by atoms with Gasteiger partial charge in [0.15, 0.2) is 17.5 Å². The number of aliphatic imine (C=N–C) groups is 1. The lowest BCUT2D eigenvalue weighted by atomic mass is 10.2. The Kier molecular flexibility index (Phi) is 14.8. The first-order valence-electron chi connectivity index (χ1n) is 8.07. The Bertz CT molecular complexity index is 547. The van der Waals surface area contributed by atoms with Crippen LogP contribution in [-0.2, 0) is 16.0 Å². The molecule has 1 rings (SSSR count). The number of hydrogen-bond donors (Lipinski definition) is 2. The zero-order valence-corrected chi connectivity index (χ0v) is 19.7. The molecular formula is C17H29BrIN3O4.